The van der Waals surface area contributed by atoms with Crippen molar-refractivity contribution in [3.63, 3.8) is 0 Å². The molecule has 0 aliphatic rings. The molecule has 0 radical (unpaired) electrons. The quantitative estimate of drug-likeness (QED) is 0.765. The number of hydrogen-bond donors (Lipinski definition) is 2. The Morgan fingerprint density at radius 2 is 1.78 bits per heavy atom. The van der Waals surface area contributed by atoms with Crippen molar-refractivity contribution in [3.05, 3.63) is 65.2 Å². The molecule has 0 aromatic heterocycles. The van der Waals surface area contributed by atoms with E-state index in [2.05, 4.69) is 10.1 Å². The summed E-state index contributed by atoms with van der Waals surface area (Å²) in [7, 11) is 0. The maximum atomic E-state index is 13.7. The fourth-order valence-corrected chi connectivity index (χ4v) is 2.12. The van der Waals surface area contributed by atoms with Crippen LogP contribution >= 0.6 is 0 Å². The molecule has 1 atom stereocenters. The lowest BCUT2D eigenvalue weighted by Crippen LogP contribution is -2.25. The van der Waals surface area contributed by atoms with Crippen LogP contribution in [0.15, 0.2) is 42.5 Å². The first-order valence-corrected chi connectivity index (χ1v) is 6.83. The molecule has 0 saturated heterocycles. The number of benzene rings is 2. The highest BCUT2D eigenvalue weighted by Gasteiger charge is 2.15. The molecule has 0 amide bonds. The number of nitrogens with one attached hydrogen (secondary N) is 1. The second-order valence-electron chi connectivity index (χ2n) is 4.78. The van der Waals surface area contributed by atoms with Gasteiger partial charge in [0.25, 0.3) is 0 Å². The zero-order valence-corrected chi connectivity index (χ0v) is 12.0. The summed E-state index contributed by atoms with van der Waals surface area (Å²) in [6.07, 6.45) is 0. The van der Waals surface area contributed by atoms with Gasteiger partial charge in [-0.25, -0.2) is 8.78 Å². The normalized spacial score (nSPS) is 12.4. The first-order valence-electron chi connectivity index (χ1n) is 6.83. The van der Waals surface area contributed by atoms with Crippen molar-refractivity contribution in [3.8, 4) is 5.75 Å². The second-order valence-corrected chi connectivity index (χ2v) is 4.78. The Morgan fingerprint density at radius 3 is 2.39 bits per heavy atom. The van der Waals surface area contributed by atoms with E-state index in [0.29, 0.717) is 5.56 Å². The van der Waals surface area contributed by atoms with E-state index in [1.54, 1.807) is 6.07 Å². The van der Waals surface area contributed by atoms with E-state index >= 15 is 0 Å². The van der Waals surface area contributed by atoms with Crippen LogP contribution in [0.2, 0.25) is 0 Å². The minimum atomic E-state index is -3.10. The topological polar surface area (TPSA) is 41.5 Å². The standard InChI is InChI=1S/C16H15F4NO2/c17-12-4-2-1-3-11(12)14(9-22)21-8-10-5-6-15(13(18)7-10)23-16(19)20/h1-7,14,16,21-22H,8-9H2. The first-order chi connectivity index (χ1) is 11.0. The molecule has 0 fully saturated rings. The SMILES string of the molecule is OCC(NCc1ccc(OC(F)F)c(F)c1)c1ccccc1F. The summed E-state index contributed by atoms with van der Waals surface area (Å²) in [5.41, 5.74) is 0.729. The summed E-state index contributed by atoms with van der Waals surface area (Å²) >= 11 is 0. The van der Waals surface area contributed by atoms with Crippen LogP contribution in [0.1, 0.15) is 17.2 Å². The van der Waals surface area contributed by atoms with Crippen molar-refractivity contribution in [2.75, 3.05) is 6.61 Å². The summed E-state index contributed by atoms with van der Waals surface area (Å²) in [6.45, 7) is -3.34. The number of alkyl halides is 2. The molecular formula is C16H15F4NO2. The van der Waals surface area contributed by atoms with Gasteiger partial charge in [0.1, 0.15) is 5.82 Å². The zero-order chi connectivity index (χ0) is 16.8. The second kappa shape index (κ2) is 7.94. The van der Waals surface area contributed by atoms with Gasteiger partial charge in [0.2, 0.25) is 0 Å². The van der Waals surface area contributed by atoms with Crippen LogP contribution < -0.4 is 10.1 Å². The van der Waals surface area contributed by atoms with E-state index in [1.165, 1.54) is 24.3 Å². The first kappa shape index (κ1) is 17.2. The summed E-state index contributed by atoms with van der Waals surface area (Å²) in [5.74, 6) is -1.93. The molecule has 3 nitrogen and oxygen atoms in total. The highest BCUT2D eigenvalue weighted by atomic mass is 19.3. The molecular weight excluding hydrogens is 314 g/mol. The number of rotatable bonds is 7. The molecule has 0 aliphatic carbocycles. The molecule has 0 bridgehead atoms. The Kier molecular flexibility index (Phi) is 5.95. The van der Waals surface area contributed by atoms with E-state index in [0.717, 1.165) is 12.1 Å². The molecule has 0 spiro atoms. The molecule has 0 aliphatic heterocycles. The summed E-state index contributed by atoms with van der Waals surface area (Å²) < 4.78 is 55.4. The summed E-state index contributed by atoms with van der Waals surface area (Å²) in [5, 5.41) is 12.3. The van der Waals surface area contributed by atoms with E-state index < -0.39 is 30.0 Å². The van der Waals surface area contributed by atoms with E-state index in [-0.39, 0.29) is 18.7 Å². The Labute approximate surface area is 130 Å². The Hall–Kier alpha value is -2.12. The molecule has 7 heteroatoms. The highest BCUT2D eigenvalue weighted by Crippen LogP contribution is 2.21. The maximum Gasteiger partial charge on any atom is 0.387 e. The van der Waals surface area contributed by atoms with Gasteiger partial charge in [-0.2, -0.15) is 8.78 Å². The van der Waals surface area contributed by atoms with E-state index in [4.69, 9.17) is 0 Å². The van der Waals surface area contributed by atoms with Crippen LogP contribution in [0, 0.1) is 11.6 Å². The molecule has 0 saturated carbocycles. The van der Waals surface area contributed by atoms with Gasteiger partial charge in [-0.15, -0.1) is 0 Å². The molecule has 23 heavy (non-hydrogen) atoms. The minimum Gasteiger partial charge on any atom is -0.432 e. The largest absolute Gasteiger partial charge is 0.432 e. The monoisotopic (exact) mass is 329 g/mol. The van der Waals surface area contributed by atoms with E-state index in [1.807, 2.05) is 0 Å². The number of aliphatic hydroxyl groups is 1. The summed E-state index contributed by atoms with van der Waals surface area (Å²) in [6, 6.07) is 8.85. The predicted octanol–water partition coefficient (Wildman–Crippen LogP) is 3.39. The fourth-order valence-electron chi connectivity index (χ4n) is 2.12. The van der Waals surface area contributed by atoms with E-state index in [9.17, 15) is 22.7 Å². The van der Waals surface area contributed by atoms with Gasteiger partial charge in [-0.3, -0.25) is 0 Å². The number of hydrogen-bond acceptors (Lipinski definition) is 3. The van der Waals surface area contributed by atoms with Crippen LogP contribution in [0.3, 0.4) is 0 Å². The van der Waals surface area contributed by atoms with Gasteiger partial charge in [-0.1, -0.05) is 24.3 Å². The third-order valence-electron chi connectivity index (χ3n) is 3.23. The molecule has 0 heterocycles. The lowest BCUT2D eigenvalue weighted by atomic mass is 10.1. The molecule has 2 aromatic carbocycles. The van der Waals surface area contributed by atoms with Gasteiger partial charge in [0.05, 0.1) is 12.6 Å². The van der Waals surface area contributed by atoms with Gasteiger partial charge in [0.15, 0.2) is 11.6 Å². The van der Waals surface area contributed by atoms with Gasteiger partial charge in [-0.05, 0) is 23.8 Å². The number of aliphatic hydroxyl groups excluding tert-OH is 1. The number of halogens is 4. The molecule has 2 rings (SSSR count). The number of ether oxygens (including phenoxy) is 1. The average molecular weight is 329 g/mol. The van der Waals surface area contributed by atoms with Crippen molar-refractivity contribution in [2.45, 2.75) is 19.2 Å². The van der Waals surface area contributed by atoms with Gasteiger partial charge < -0.3 is 15.2 Å². The highest BCUT2D eigenvalue weighted by molar-refractivity contribution is 5.29. The molecule has 1 unspecified atom stereocenters. The van der Waals surface area contributed by atoms with Crippen molar-refractivity contribution in [1.82, 2.24) is 5.32 Å². The molecule has 2 N–H and O–H groups in total. The zero-order valence-electron chi connectivity index (χ0n) is 12.0. The lowest BCUT2D eigenvalue weighted by Gasteiger charge is -2.17. The van der Waals surface area contributed by atoms with Crippen LogP contribution in [0.25, 0.3) is 0 Å². The van der Waals surface area contributed by atoms with Crippen LogP contribution in [0.4, 0.5) is 17.6 Å². The fraction of sp³-hybridized carbons (Fsp3) is 0.250. The van der Waals surface area contributed by atoms with Crippen LogP contribution in [0.5, 0.6) is 5.75 Å². The van der Waals surface area contributed by atoms with Crippen LogP contribution in [-0.2, 0) is 6.54 Å². The van der Waals surface area contributed by atoms with Gasteiger partial charge >= 0.3 is 6.61 Å². The van der Waals surface area contributed by atoms with Crippen molar-refractivity contribution < 1.29 is 27.4 Å². The van der Waals surface area contributed by atoms with Crippen molar-refractivity contribution in [2.24, 2.45) is 0 Å². The van der Waals surface area contributed by atoms with Gasteiger partial charge in [0, 0.05) is 12.1 Å². The Bertz CT molecular complexity index is 652. The lowest BCUT2D eigenvalue weighted by molar-refractivity contribution is -0.0522. The molecule has 2 aromatic rings. The van der Waals surface area contributed by atoms with Crippen molar-refractivity contribution in [1.29, 1.82) is 0 Å². The maximum absolute atomic E-state index is 13.7. The Morgan fingerprint density at radius 1 is 1.04 bits per heavy atom. The van der Waals surface area contributed by atoms with Crippen molar-refractivity contribution >= 4 is 0 Å². The smallest absolute Gasteiger partial charge is 0.387 e. The minimum absolute atomic E-state index is 0.117. The summed E-state index contributed by atoms with van der Waals surface area (Å²) in [4.78, 5) is 0. The Balaban J connectivity index is 2.04. The predicted molar refractivity (Wildman–Crippen MR) is 76.1 cm³/mol. The third kappa shape index (κ3) is 4.67. The van der Waals surface area contributed by atoms with Crippen LogP contribution in [-0.4, -0.2) is 18.3 Å². The average Bonchev–Trinajstić information content (AvgIpc) is 2.51. The molecule has 124 valence electrons. The third-order valence-corrected chi connectivity index (χ3v) is 3.23.